The van der Waals surface area contributed by atoms with Crippen LogP contribution in [0.2, 0.25) is 5.02 Å². The minimum absolute atomic E-state index is 0.344. The first-order valence-electron chi connectivity index (χ1n) is 7.02. The molecule has 110 valence electrons. The van der Waals surface area contributed by atoms with E-state index in [1.807, 2.05) is 17.4 Å². The molecule has 3 rings (SSSR count). The zero-order valence-electron chi connectivity index (χ0n) is 12.4. The molecule has 2 aromatic heterocycles. The van der Waals surface area contributed by atoms with Crippen LogP contribution in [-0.2, 0) is 6.54 Å². The minimum Gasteiger partial charge on any atom is -0.305 e. The van der Waals surface area contributed by atoms with Crippen molar-refractivity contribution in [1.82, 2.24) is 5.32 Å². The molecule has 0 saturated heterocycles. The molecule has 1 aromatic carbocycles. The quantitative estimate of drug-likeness (QED) is 0.608. The second kappa shape index (κ2) is 6.09. The highest BCUT2D eigenvalue weighted by Crippen LogP contribution is 2.35. The molecule has 1 unspecified atom stereocenters. The van der Waals surface area contributed by atoms with Gasteiger partial charge in [-0.1, -0.05) is 29.8 Å². The number of halogens is 1. The SMILES string of the molecule is Cc1cc(C(C)NCc2sc3ccccc3c2Cl)c(C)s1. The van der Waals surface area contributed by atoms with Gasteiger partial charge in [0.05, 0.1) is 5.02 Å². The van der Waals surface area contributed by atoms with Crippen LogP contribution in [0.4, 0.5) is 0 Å². The number of rotatable bonds is 4. The largest absolute Gasteiger partial charge is 0.305 e. The molecule has 0 bridgehead atoms. The fraction of sp³-hybridized carbons (Fsp3) is 0.294. The predicted octanol–water partition coefficient (Wildman–Crippen LogP) is 6.08. The maximum atomic E-state index is 6.49. The Hall–Kier alpha value is -0.870. The van der Waals surface area contributed by atoms with Gasteiger partial charge in [0.2, 0.25) is 0 Å². The van der Waals surface area contributed by atoms with Crippen molar-refractivity contribution in [3.63, 3.8) is 0 Å². The van der Waals surface area contributed by atoms with E-state index in [0.717, 1.165) is 17.0 Å². The summed E-state index contributed by atoms with van der Waals surface area (Å²) in [4.78, 5) is 3.99. The van der Waals surface area contributed by atoms with E-state index in [9.17, 15) is 0 Å². The smallest absolute Gasteiger partial charge is 0.0636 e. The van der Waals surface area contributed by atoms with E-state index in [4.69, 9.17) is 11.6 Å². The van der Waals surface area contributed by atoms with E-state index in [1.54, 1.807) is 11.3 Å². The normalized spacial score (nSPS) is 13.0. The van der Waals surface area contributed by atoms with Gasteiger partial charge in [0.25, 0.3) is 0 Å². The second-order valence-electron chi connectivity index (χ2n) is 5.31. The monoisotopic (exact) mass is 335 g/mol. The molecule has 3 aromatic rings. The highest BCUT2D eigenvalue weighted by molar-refractivity contribution is 7.19. The lowest BCUT2D eigenvalue weighted by Gasteiger charge is -2.13. The lowest BCUT2D eigenvalue weighted by Crippen LogP contribution is -2.17. The Balaban J connectivity index is 1.77. The second-order valence-corrected chi connectivity index (χ2v) is 8.28. The van der Waals surface area contributed by atoms with Crippen molar-refractivity contribution in [3.05, 3.63) is 55.5 Å². The van der Waals surface area contributed by atoms with Crippen molar-refractivity contribution >= 4 is 44.4 Å². The van der Waals surface area contributed by atoms with Crippen LogP contribution < -0.4 is 5.32 Å². The highest BCUT2D eigenvalue weighted by atomic mass is 35.5. The summed E-state index contributed by atoms with van der Waals surface area (Å²) in [7, 11) is 0. The van der Waals surface area contributed by atoms with Crippen LogP contribution in [0.3, 0.4) is 0 Å². The molecule has 1 nitrogen and oxygen atoms in total. The van der Waals surface area contributed by atoms with Crippen LogP contribution in [0.5, 0.6) is 0 Å². The first-order valence-corrected chi connectivity index (χ1v) is 9.03. The van der Waals surface area contributed by atoms with Crippen molar-refractivity contribution in [2.75, 3.05) is 0 Å². The third-order valence-corrected chi connectivity index (χ3v) is 6.41. The highest BCUT2D eigenvalue weighted by Gasteiger charge is 2.14. The molecule has 1 atom stereocenters. The molecule has 0 saturated carbocycles. The van der Waals surface area contributed by atoms with E-state index < -0.39 is 0 Å². The Morgan fingerprint density at radius 1 is 1.19 bits per heavy atom. The maximum Gasteiger partial charge on any atom is 0.0636 e. The zero-order chi connectivity index (χ0) is 15.0. The summed E-state index contributed by atoms with van der Waals surface area (Å²) in [5, 5.41) is 5.66. The lowest BCUT2D eigenvalue weighted by molar-refractivity contribution is 0.578. The van der Waals surface area contributed by atoms with Crippen molar-refractivity contribution in [3.8, 4) is 0 Å². The topological polar surface area (TPSA) is 12.0 Å². The minimum atomic E-state index is 0.344. The fourth-order valence-electron chi connectivity index (χ4n) is 2.61. The van der Waals surface area contributed by atoms with Gasteiger partial charge >= 0.3 is 0 Å². The number of benzene rings is 1. The molecular formula is C17H18ClNS2. The van der Waals surface area contributed by atoms with Crippen LogP contribution in [0.1, 0.15) is 33.2 Å². The zero-order valence-corrected chi connectivity index (χ0v) is 14.8. The van der Waals surface area contributed by atoms with Gasteiger partial charge in [-0.25, -0.2) is 0 Å². The number of thiophene rings is 2. The van der Waals surface area contributed by atoms with E-state index in [2.05, 4.69) is 50.4 Å². The Bertz CT molecular complexity index is 772. The molecule has 0 radical (unpaired) electrons. The van der Waals surface area contributed by atoms with Gasteiger partial charge in [0.15, 0.2) is 0 Å². The van der Waals surface area contributed by atoms with Crippen LogP contribution >= 0.6 is 34.3 Å². The predicted molar refractivity (Wildman–Crippen MR) is 95.9 cm³/mol. The molecule has 0 spiro atoms. The Kier molecular flexibility index (Phi) is 4.36. The van der Waals surface area contributed by atoms with Gasteiger partial charge in [-0.3, -0.25) is 0 Å². The average Bonchev–Trinajstić information content (AvgIpc) is 2.97. The number of hydrogen-bond donors (Lipinski definition) is 1. The first-order chi connectivity index (χ1) is 10.1. The lowest BCUT2D eigenvalue weighted by atomic mass is 10.1. The standard InChI is InChI=1S/C17H18ClNS2/c1-10-8-14(12(3)20-10)11(2)19-9-16-17(18)13-6-4-5-7-15(13)21-16/h4-8,11,19H,9H2,1-3H3. The van der Waals surface area contributed by atoms with Gasteiger partial charge in [-0.05, 0) is 38.5 Å². The average molecular weight is 336 g/mol. The number of aryl methyl sites for hydroxylation is 2. The van der Waals surface area contributed by atoms with Crippen LogP contribution in [-0.4, -0.2) is 0 Å². The number of fused-ring (bicyclic) bond motifs is 1. The van der Waals surface area contributed by atoms with Crippen LogP contribution in [0.25, 0.3) is 10.1 Å². The van der Waals surface area contributed by atoms with Crippen molar-refractivity contribution in [1.29, 1.82) is 0 Å². The van der Waals surface area contributed by atoms with Gasteiger partial charge in [0, 0.05) is 37.3 Å². The van der Waals surface area contributed by atoms with Gasteiger partial charge in [0.1, 0.15) is 0 Å². The van der Waals surface area contributed by atoms with E-state index in [-0.39, 0.29) is 0 Å². The van der Waals surface area contributed by atoms with Gasteiger partial charge in [-0.15, -0.1) is 22.7 Å². The summed E-state index contributed by atoms with van der Waals surface area (Å²) >= 11 is 10.1. The summed E-state index contributed by atoms with van der Waals surface area (Å²) in [6.07, 6.45) is 0. The molecule has 21 heavy (non-hydrogen) atoms. The number of hydrogen-bond acceptors (Lipinski definition) is 3. The molecule has 4 heteroatoms. The third kappa shape index (κ3) is 3.02. The first kappa shape index (κ1) is 15.0. The molecular weight excluding hydrogens is 318 g/mol. The molecule has 0 amide bonds. The Morgan fingerprint density at radius 3 is 2.62 bits per heavy atom. The van der Waals surface area contributed by atoms with E-state index in [1.165, 1.54) is 24.9 Å². The van der Waals surface area contributed by atoms with Crippen molar-refractivity contribution in [2.24, 2.45) is 0 Å². The summed E-state index contributed by atoms with van der Waals surface area (Å²) in [6, 6.07) is 10.9. The third-order valence-electron chi connectivity index (χ3n) is 3.72. The maximum absolute atomic E-state index is 6.49. The molecule has 0 aliphatic rings. The molecule has 0 aliphatic carbocycles. The molecule has 0 aliphatic heterocycles. The summed E-state index contributed by atoms with van der Waals surface area (Å²) < 4.78 is 1.26. The summed E-state index contributed by atoms with van der Waals surface area (Å²) in [5.74, 6) is 0. The van der Waals surface area contributed by atoms with Gasteiger partial charge in [-0.2, -0.15) is 0 Å². The number of nitrogens with one attached hydrogen (secondary N) is 1. The van der Waals surface area contributed by atoms with E-state index in [0.29, 0.717) is 6.04 Å². The molecule has 0 fully saturated rings. The molecule has 2 heterocycles. The Labute approximate surface area is 138 Å². The van der Waals surface area contributed by atoms with Crippen LogP contribution in [0, 0.1) is 13.8 Å². The Morgan fingerprint density at radius 2 is 1.95 bits per heavy atom. The van der Waals surface area contributed by atoms with E-state index >= 15 is 0 Å². The fourth-order valence-corrected chi connectivity index (χ4v) is 5.09. The summed E-state index contributed by atoms with van der Waals surface area (Å²) in [5.41, 5.74) is 1.40. The summed E-state index contributed by atoms with van der Waals surface area (Å²) in [6.45, 7) is 7.39. The van der Waals surface area contributed by atoms with Crippen molar-refractivity contribution in [2.45, 2.75) is 33.4 Å². The van der Waals surface area contributed by atoms with Crippen LogP contribution in [0.15, 0.2) is 30.3 Å². The molecule has 1 N–H and O–H groups in total. The van der Waals surface area contributed by atoms with Crippen molar-refractivity contribution < 1.29 is 0 Å². The van der Waals surface area contributed by atoms with Gasteiger partial charge < -0.3 is 5.32 Å².